The van der Waals surface area contributed by atoms with E-state index in [2.05, 4.69) is 30.6 Å². The molecule has 8 heteroatoms. The van der Waals surface area contributed by atoms with E-state index in [1.165, 1.54) is 12.7 Å². The average molecular weight is 289 g/mol. The summed E-state index contributed by atoms with van der Waals surface area (Å²) < 4.78 is 0. The molecule has 1 aromatic carbocycles. The Hall–Kier alpha value is -2.67. The number of imidazole rings is 1. The predicted octanol–water partition coefficient (Wildman–Crippen LogP) is 2.65. The second kappa shape index (κ2) is 5.14. The lowest BCUT2D eigenvalue weighted by molar-refractivity contribution is 0.262. The molecule has 0 bridgehead atoms. The van der Waals surface area contributed by atoms with Crippen LogP contribution in [0.5, 0.6) is 0 Å². The summed E-state index contributed by atoms with van der Waals surface area (Å²) in [5, 5.41) is 5.69. The van der Waals surface area contributed by atoms with Crippen molar-refractivity contribution in [3.63, 3.8) is 0 Å². The second-order valence-corrected chi connectivity index (χ2v) is 4.29. The lowest BCUT2D eigenvalue weighted by Crippen LogP contribution is -2.20. The molecule has 0 saturated heterocycles. The molecule has 20 heavy (non-hydrogen) atoms. The standard InChI is InChI=1S/C12H9ClN6O/c13-7-3-1-2-4-8(7)18-12(20)19-11-9-10(15-5-14-9)16-6-17-11/h1-6H,(H3,14,15,16,17,18,19,20). The number of rotatable bonds is 2. The Kier molecular flexibility index (Phi) is 3.18. The number of anilines is 2. The van der Waals surface area contributed by atoms with Crippen LogP contribution in [0.15, 0.2) is 36.9 Å². The van der Waals surface area contributed by atoms with Gasteiger partial charge in [-0.15, -0.1) is 0 Å². The van der Waals surface area contributed by atoms with Gasteiger partial charge in [0.25, 0.3) is 0 Å². The van der Waals surface area contributed by atoms with E-state index in [1.54, 1.807) is 24.3 Å². The third-order valence-electron chi connectivity index (χ3n) is 2.57. The number of urea groups is 1. The van der Waals surface area contributed by atoms with Crippen molar-refractivity contribution >= 4 is 40.3 Å². The van der Waals surface area contributed by atoms with Crippen LogP contribution in [0.2, 0.25) is 5.02 Å². The van der Waals surface area contributed by atoms with Crippen LogP contribution in [0, 0.1) is 0 Å². The van der Waals surface area contributed by atoms with Crippen LogP contribution in [0.4, 0.5) is 16.3 Å². The van der Waals surface area contributed by atoms with Crippen LogP contribution >= 0.6 is 11.6 Å². The summed E-state index contributed by atoms with van der Waals surface area (Å²) in [6.07, 6.45) is 2.82. The van der Waals surface area contributed by atoms with Crippen molar-refractivity contribution < 1.29 is 4.79 Å². The molecule has 3 rings (SSSR count). The molecule has 2 aromatic heterocycles. The number of nitrogens with one attached hydrogen (secondary N) is 3. The Balaban J connectivity index is 1.80. The normalized spacial score (nSPS) is 10.4. The molecule has 3 aromatic rings. The number of halogens is 1. The quantitative estimate of drug-likeness (QED) is 0.675. The van der Waals surface area contributed by atoms with Gasteiger partial charge >= 0.3 is 6.03 Å². The predicted molar refractivity (Wildman–Crippen MR) is 75.8 cm³/mol. The zero-order chi connectivity index (χ0) is 13.9. The Morgan fingerprint density at radius 2 is 2.00 bits per heavy atom. The minimum absolute atomic E-state index is 0.320. The fourth-order valence-electron chi connectivity index (χ4n) is 1.68. The van der Waals surface area contributed by atoms with E-state index in [1.807, 2.05) is 0 Å². The van der Waals surface area contributed by atoms with E-state index in [0.717, 1.165) is 0 Å². The smallest absolute Gasteiger partial charge is 0.324 e. The summed E-state index contributed by atoms with van der Waals surface area (Å²) >= 11 is 5.96. The Labute approximate surface area is 118 Å². The van der Waals surface area contributed by atoms with Crippen molar-refractivity contribution in [2.24, 2.45) is 0 Å². The average Bonchev–Trinajstić information content (AvgIpc) is 2.91. The van der Waals surface area contributed by atoms with E-state index in [9.17, 15) is 4.79 Å². The van der Waals surface area contributed by atoms with Gasteiger partial charge in [-0.2, -0.15) is 0 Å². The number of amides is 2. The second-order valence-electron chi connectivity index (χ2n) is 3.88. The van der Waals surface area contributed by atoms with Crippen LogP contribution in [0.1, 0.15) is 0 Å². The van der Waals surface area contributed by atoms with Crippen LogP contribution in [-0.4, -0.2) is 26.0 Å². The van der Waals surface area contributed by atoms with Gasteiger partial charge in [-0.1, -0.05) is 23.7 Å². The van der Waals surface area contributed by atoms with Crippen molar-refractivity contribution in [1.29, 1.82) is 0 Å². The molecule has 100 valence electrons. The molecular formula is C12H9ClN6O. The van der Waals surface area contributed by atoms with E-state index in [0.29, 0.717) is 27.7 Å². The van der Waals surface area contributed by atoms with Crippen molar-refractivity contribution in [2.75, 3.05) is 10.6 Å². The first-order valence-corrected chi connectivity index (χ1v) is 6.08. The summed E-state index contributed by atoms with van der Waals surface area (Å²) in [7, 11) is 0. The number of hydrogen-bond donors (Lipinski definition) is 3. The highest BCUT2D eigenvalue weighted by Crippen LogP contribution is 2.21. The molecular weight excluding hydrogens is 280 g/mol. The number of carbonyl (C=O) groups is 1. The van der Waals surface area contributed by atoms with Gasteiger partial charge in [0.05, 0.1) is 17.0 Å². The minimum atomic E-state index is -0.457. The van der Waals surface area contributed by atoms with Crippen LogP contribution in [0.3, 0.4) is 0 Å². The number of carbonyl (C=O) groups excluding carboxylic acids is 1. The maximum absolute atomic E-state index is 11.9. The first-order valence-electron chi connectivity index (χ1n) is 5.70. The molecule has 2 amide bonds. The van der Waals surface area contributed by atoms with Crippen molar-refractivity contribution in [3.8, 4) is 0 Å². The van der Waals surface area contributed by atoms with Gasteiger partial charge in [0.2, 0.25) is 0 Å². The van der Waals surface area contributed by atoms with Crippen molar-refractivity contribution in [2.45, 2.75) is 0 Å². The third-order valence-corrected chi connectivity index (χ3v) is 2.90. The lowest BCUT2D eigenvalue weighted by Gasteiger charge is -2.08. The van der Waals surface area contributed by atoms with Gasteiger partial charge in [-0.25, -0.2) is 19.7 Å². The number of para-hydroxylation sites is 1. The van der Waals surface area contributed by atoms with E-state index in [4.69, 9.17) is 11.6 Å². The van der Waals surface area contributed by atoms with Gasteiger partial charge in [0, 0.05) is 0 Å². The van der Waals surface area contributed by atoms with Gasteiger partial charge in [-0.05, 0) is 12.1 Å². The maximum atomic E-state index is 11.9. The first kappa shape index (κ1) is 12.4. The topological polar surface area (TPSA) is 95.6 Å². The lowest BCUT2D eigenvalue weighted by atomic mass is 10.3. The number of hydrogen-bond acceptors (Lipinski definition) is 4. The molecule has 0 aliphatic rings. The number of aromatic amines is 1. The first-order chi connectivity index (χ1) is 9.74. The Morgan fingerprint density at radius 1 is 1.15 bits per heavy atom. The van der Waals surface area contributed by atoms with Gasteiger partial charge in [-0.3, -0.25) is 5.32 Å². The van der Waals surface area contributed by atoms with E-state index < -0.39 is 6.03 Å². The van der Waals surface area contributed by atoms with Crippen molar-refractivity contribution in [1.82, 2.24) is 19.9 Å². The van der Waals surface area contributed by atoms with E-state index >= 15 is 0 Å². The third kappa shape index (κ3) is 2.39. The largest absolute Gasteiger partial charge is 0.329 e. The zero-order valence-electron chi connectivity index (χ0n) is 10.1. The summed E-state index contributed by atoms with van der Waals surface area (Å²) in [5.74, 6) is 0.320. The van der Waals surface area contributed by atoms with Crippen LogP contribution < -0.4 is 10.6 Å². The highest BCUT2D eigenvalue weighted by Gasteiger charge is 2.10. The molecule has 0 spiro atoms. The monoisotopic (exact) mass is 288 g/mol. The highest BCUT2D eigenvalue weighted by molar-refractivity contribution is 6.33. The Bertz CT molecular complexity index is 771. The van der Waals surface area contributed by atoms with Gasteiger partial charge in [0.15, 0.2) is 17.0 Å². The molecule has 0 saturated carbocycles. The van der Waals surface area contributed by atoms with Crippen LogP contribution in [-0.2, 0) is 0 Å². The number of H-pyrrole nitrogens is 1. The number of fused-ring (bicyclic) bond motifs is 1. The molecule has 0 atom stereocenters. The van der Waals surface area contributed by atoms with E-state index in [-0.39, 0.29) is 0 Å². The highest BCUT2D eigenvalue weighted by atomic mass is 35.5. The number of benzene rings is 1. The zero-order valence-corrected chi connectivity index (χ0v) is 10.8. The van der Waals surface area contributed by atoms with Crippen molar-refractivity contribution in [3.05, 3.63) is 41.9 Å². The SMILES string of the molecule is O=C(Nc1ccccc1Cl)Nc1ncnc2[nH]cnc12. The molecule has 0 unspecified atom stereocenters. The summed E-state index contributed by atoms with van der Waals surface area (Å²) in [6, 6.07) is 6.49. The fourth-order valence-corrected chi connectivity index (χ4v) is 1.86. The number of nitrogens with zero attached hydrogens (tertiary/aromatic N) is 3. The molecule has 0 fully saturated rings. The molecule has 0 aliphatic heterocycles. The maximum Gasteiger partial charge on any atom is 0.324 e. The minimum Gasteiger partial charge on any atom is -0.329 e. The summed E-state index contributed by atoms with van der Waals surface area (Å²) in [4.78, 5) is 26.8. The molecule has 2 heterocycles. The van der Waals surface area contributed by atoms with Gasteiger partial charge in [0.1, 0.15) is 6.33 Å². The summed E-state index contributed by atoms with van der Waals surface area (Å²) in [6.45, 7) is 0. The number of aromatic nitrogens is 4. The summed E-state index contributed by atoms with van der Waals surface area (Å²) in [5.41, 5.74) is 1.55. The Morgan fingerprint density at radius 3 is 2.85 bits per heavy atom. The molecule has 3 N–H and O–H groups in total. The molecule has 0 aliphatic carbocycles. The van der Waals surface area contributed by atoms with Crippen LogP contribution in [0.25, 0.3) is 11.2 Å². The fraction of sp³-hybridized carbons (Fsp3) is 0. The molecule has 0 radical (unpaired) electrons. The van der Waals surface area contributed by atoms with Gasteiger partial charge < -0.3 is 10.3 Å². The molecule has 7 nitrogen and oxygen atoms in total.